The summed E-state index contributed by atoms with van der Waals surface area (Å²) in [4.78, 5) is 0. The molecule has 1 fully saturated rings. The number of halogens is 3. The summed E-state index contributed by atoms with van der Waals surface area (Å²) in [7, 11) is 0. The van der Waals surface area contributed by atoms with Gasteiger partial charge in [-0.15, -0.1) is 0 Å². The van der Waals surface area contributed by atoms with Crippen molar-refractivity contribution in [2.45, 2.75) is 51.4 Å². The molecule has 1 saturated carbocycles. The molecule has 0 radical (unpaired) electrons. The maximum Gasteiger partial charge on any atom is 0.137 e. The lowest BCUT2D eigenvalue weighted by Gasteiger charge is -2.37. The van der Waals surface area contributed by atoms with E-state index < -0.39 is 5.82 Å². The van der Waals surface area contributed by atoms with Gasteiger partial charge in [-0.2, -0.15) is 0 Å². The second-order valence-electron chi connectivity index (χ2n) is 5.96. The molecule has 2 N–H and O–H groups in total. The zero-order valence-corrected chi connectivity index (χ0v) is 13.3. The van der Waals surface area contributed by atoms with Gasteiger partial charge in [-0.25, -0.2) is 8.78 Å². The van der Waals surface area contributed by atoms with Gasteiger partial charge in [0.2, 0.25) is 0 Å². The minimum Gasteiger partial charge on any atom is -0.330 e. The molecule has 0 amide bonds. The molecule has 0 unspecified atom stereocenters. The molecule has 20 heavy (non-hydrogen) atoms. The largest absolute Gasteiger partial charge is 0.330 e. The lowest BCUT2D eigenvalue weighted by atomic mass is 9.68. The zero-order chi connectivity index (χ0) is 14.6. The summed E-state index contributed by atoms with van der Waals surface area (Å²) in [6.45, 7) is 0.678. The highest BCUT2D eigenvalue weighted by molar-refractivity contribution is 9.10. The molecule has 0 saturated heterocycles. The monoisotopic (exact) mass is 345 g/mol. The minimum absolute atomic E-state index is 0.188. The standard InChI is InChI=1S/C16H22BrF2N/c17-13-11-14(18)12(10-15(13)19)4-7-16(8-9-20)5-2-1-3-6-16/h10-11H,1-9,20H2. The summed E-state index contributed by atoms with van der Waals surface area (Å²) < 4.78 is 27.6. The number of hydrogen-bond donors (Lipinski definition) is 1. The summed E-state index contributed by atoms with van der Waals surface area (Å²) in [6, 6.07) is 2.54. The third-order valence-corrected chi connectivity index (χ3v) is 5.21. The predicted octanol–water partition coefficient (Wildman–Crippen LogP) is 4.96. The lowest BCUT2D eigenvalue weighted by Crippen LogP contribution is -2.28. The molecule has 1 aromatic carbocycles. The van der Waals surface area contributed by atoms with Crippen LogP contribution in [0.5, 0.6) is 0 Å². The van der Waals surface area contributed by atoms with Crippen molar-refractivity contribution in [3.8, 4) is 0 Å². The predicted molar refractivity (Wildman–Crippen MR) is 81.6 cm³/mol. The molecule has 112 valence electrons. The van der Waals surface area contributed by atoms with Crippen molar-refractivity contribution in [3.05, 3.63) is 33.8 Å². The van der Waals surface area contributed by atoms with E-state index in [-0.39, 0.29) is 15.7 Å². The Morgan fingerprint density at radius 1 is 1.05 bits per heavy atom. The molecule has 1 aliphatic rings. The molecule has 1 aliphatic carbocycles. The summed E-state index contributed by atoms with van der Waals surface area (Å²) in [6.07, 6.45) is 8.59. The first-order valence-corrected chi connectivity index (χ1v) is 8.19. The number of aryl methyl sites for hydroxylation is 1. The van der Waals surface area contributed by atoms with E-state index in [9.17, 15) is 8.78 Å². The van der Waals surface area contributed by atoms with Crippen molar-refractivity contribution in [3.63, 3.8) is 0 Å². The molecule has 1 nitrogen and oxygen atoms in total. The van der Waals surface area contributed by atoms with Crippen LogP contribution < -0.4 is 5.73 Å². The van der Waals surface area contributed by atoms with Gasteiger partial charge in [0.1, 0.15) is 11.6 Å². The Bertz CT molecular complexity index is 451. The molecule has 0 aliphatic heterocycles. The Balaban J connectivity index is 2.07. The van der Waals surface area contributed by atoms with Crippen molar-refractivity contribution in [1.29, 1.82) is 0 Å². The van der Waals surface area contributed by atoms with Crippen LogP contribution in [0.15, 0.2) is 16.6 Å². The third kappa shape index (κ3) is 3.79. The van der Waals surface area contributed by atoms with Crippen LogP contribution in [-0.4, -0.2) is 6.54 Å². The molecule has 0 spiro atoms. The van der Waals surface area contributed by atoms with Gasteiger partial charge >= 0.3 is 0 Å². The van der Waals surface area contributed by atoms with Crippen molar-refractivity contribution in [2.24, 2.45) is 11.1 Å². The third-order valence-electron chi connectivity index (χ3n) is 4.60. The van der Waals surface area contributed by atoms with Crippen molar-refractivity contribution >= 4 is 15.9 Å². The first kappa shape index (κ1) is 15.9. The molecule has 0 aromatic heterocycles. The molecule has 0 heterocycles. The lowest BCUT2D eigenvalue weighted by molar-refractivity contribution is 0.160. The SMILES string of the molecule is NCCC1(CCc2cc(F)c(Br)cc2F)CCCCC1. The smallest absolute Gasteiger partial charge is 0.137 e. The van der Waals surface area contributed by atoms with E-state index in [1.54, 1.807) is 0 Å². The maximum absolute atomic E-state index is 13.9. The van der Waals surface area contributed by atoms with Crippen LogP contribution in [0.2, 0.25) is 0 Å². The summed E-state index contributed by atoms with van der Waals surface area (Å²) in [5.41, 5.74) is 6.47. The van der Waals surface area contributed by atoms with E-state index >= 15 is 0 Å². The Morgan fingerprint density at radius 2 is 1.75 bits per heavy atom. The van der Waals surface area contributed by atoms with Crippen LogP contribution in [0, 0.1) is 17.0 Å². The van der Waals surface area contributed by atoms with Crippen LogP contribution in [0.4, 0.5) is 8.78 Å². The van der Waals surface area contributed by atoms with E-state index in [1.807, 2.05) is 0 Å². The van der Waals surface area contributed by atoms with E-state index in [4.69, 9.17) is 5.73 Å². The minimum atomic E-state index is -0.391. The fourth-order valence-corrected chi connectivity index (χ4v) is 3.70. The van der Waals surface area contributed by atoms with Gasteiger partial charge in [-0.3, -0.25) is 0 Å². The van der Waals surface area contributed by atoms with Crippen LogP contribution in [-0.2, 0) is 6.42 Å². The van der Waals surface area contributed by atoms with Crippen molar-refractivity contribution < 1.29 is 8.78 Å². The molecule has 1 aromatic rings. The number of hydrogen-bond acceptors (Lipinski definition) is 1. The van der Waals surface area contributed by atoms with Gasteiger partial charge in [0, 0.05) is 0 Å². The zero-order valence-electron chi connectivity index (χ0n) is 11.7. The summed E-state index contributed by atoms with van der Waals surface area (Å²) >= 11 is 3.01. The van der Waals surface area contributed by atoms with Crippen molar-refractivity contribution in [1.82, 2.24) is 0 Å². The second kappa shape index (κ2) is 6.99. The topological polar surface area (TPSA) is 26.0 Å². The van der Waals surface area contributed by atoms with Gasteiger partial charge in [0.25, 0.3) is 0 Å². The van der Waals surface area contributed by atoms with E-state index in [0.29, 0.717) is 18.5 Å². The molecule has 0 atom stereocenters. The van der Waals surface area contributed by atoms with Crippen LogP contribution in [0.3, 0.4) is 0 Å². The highest BCUT2D eigenvalue weighted by atomic mass is 79.9. The average molecular weight is 346 g/mol. The van der Waals surface area contributed by atoms with Gasteiger partial charge in [0.05, 0.1) is 4.47 Å². The fourth-order valence-electron chi connectivity index (χ4n) is 3.39. The first-order valence-electron chi connectivity index (χ1n) is 7.40. The molecule has 2 rings (SSSR count). The summed E-state index contributed by atoms with van der Waals surface area (Å²) in [5, 5.41) is 0. The average Bonchev–Trinajstić information content (AvgIpc) is 2.43. The first-order chi connectivity index (χ1) is 9.56. The van der Waals surface area contributed by atoms with E-state index in [1.165, 1.54) is 44.2 Å². The molecular weight excluding hydrogens is 324 g/mol. The van der Waals surface area contributed by atoms with Gasteiger partial charge in [0.15, 0.2) is 0 Å². The quantitative estimate of drug-likeness (QED) is 0.750. The van der Waals surface area contributed by atoms with Crippen molar-refractivity contribution in [2.75, 3.05) is 6.54 Å². The fraction of sp³-hybridized carbons (Fsp3) is 0.625. The normalized spacial score (nSPS) is 18.2. The summed E-state index contributed by atoms with van der Waals surface area (Å²) in [5.74, 6) is -0.713. The number of nitrogens with two attached hydrogens (primary N) is 1. The van der Waals surface area contributed by atoms with Crippen LogP contribution >= 0.6 is 15.9 Å². The Kier molecular flexibility index (Phi) is 5.56. The number of rotatable bonds is 5. The second-order valence-corrected chi connectivity index (χ2v) is 6.81. The maximum atomic E-state index is 13.9. The van der Waals surface area contributed by atoms with E-state index in [2.05, 4.69) is 15.9 Å². The number of benzene rings is 1. The van der Waals surface area contributed by atoms with Crippen LogP contribution in [0.1, 0.15) is 50.5 Å². The Hall–Kier alpha value is -0.480. The van der Waals surface area contributed by atoms with E-state index in [0.717, 1.165) is 12.8 Å². The molecule has 4 heteroatoms. The van der Waals surface area contributed by atoms with Gasteiger partial charge < -0.3 is 5.73 Å². The Labute approximate surface area is 128 Å². The highest BCUT2D eigenvalue weighted by Gasteiger charge is 2.31. The van der Waals surface area contributed by atoms with Gasteiger partial charge in [-0.05, 0) is 77.7 Å². The highest BCUT2D eigenvalue weighted by Crippen LogP contribution is 2.43. The Morgan fingerprint density at radius 3 is 2.40 bits per heavy atom. The van der Waals surface area contributed by atoms with Gasteiger partial charge in [-0.1, -0.05) is 19.3 Å². The molecular formula is C16H22BrF2N. The van der Waals surface area contributed by atoms with Crippen LogP contribution in [0.25, 0.3) is 0 Å². The molecule has 0 bridgehead atoms.